The Hall–Kier alpha value is -4.73. The van der Waals surface area contributed by atoms with E-state index in [1.165, 1.54) is 17.8 Å². The third kappa shape index (κ3) is 7.65. The zero-order valence-corrected chi connectivity index (χ0v) is 34.8. The Morgan fingerprint density at radius 1 is 0.966 bits per heavy atom. The van der Waals surface area contributed by atoms with Crippen molar-refractivity contribution in [2.45, 2.75) is 90.5 Å². The Kier molecular flexibility index (Phi) is 10.1. The van der Waals surface area contributed by atoms with Gasteiger partial charge < -0.3 is 30.3 Å². The van der Waals surface area contributed by atoms with Crippen LogP contribution in [0.3, 0.4) is 0 Å². The number of hydrogen-bond acceptors (Lipinski definition) is 11. The minimum Gasteiger partial charge on any atom is -0.476 e. The van der Waals surface area contributed by atoms with Crippen LogP contribution < -0.4 is 15.5 Å². The molecular formula is C45H53N7O6S. The summed E-state index contributed by atoms with van der Waals surface area (Å²) in [6.45, 7) is 9.83. The van der Waals surface area contributed by atoms with E-state index in [-0.39, 0.29) is 40.1 Å². The van der Waals surface area contributed by atoms with Crippen molar-refractivity contribution in [1.82, 2.24) is 25.1 Å². The second-order valence-corrected chi connectivity index (χ2v) is 19.5. The van der Waals surface area contributed by atoms with Crippen molar-refractivity contribution in [2.24, 2.45) is 16.2 Å². The molecule has 5 aliphatic rings. The van der Waals surface area contributed by atoms with Gasteiger partial charge in [0.05, 0.1) is 41.3 Å². The molecule has 59 heavy (non-hydrogen) atoms. The maximum absolute atomic E-state index is 13.6. The minimum atomic E-state index is -1.11. The summed E-state index contributed by atoms with van der Waals surface area (Å²) in [5.74, 6) is -0.791. The number of anilines is 2. The summed E-state index contributed by atoms with van der Waals surface area (Å²) >= 11 is 1.44. The second kappa shape index (κ2) is 15.1. The third-order valence-corrected chi connectivity index (χ3v) is 14.2. The van der Waals surface area contributed by atoms with Crippen LogP contribution >= 0.6 is 11.3 Å². The summed E-state index contributed by atoms with van der Waals surface area (Å²) in [7, 11) is 0. The molecule has 3 aromatic heterocycles. The number of fused-ring (bicyclic) bond motifs is 2. The molecule has 5 aromatic rings. The van der Waals surface area contributed by atoms with Gasteiger partial charge in [0.15, 0.2) is 10.8 Å². The highest BCUT2D eigenvalue weighted by Crippen LogP contribution is 2.72. The molecule has 5 N–H and O–H groups in total. The van der Waals surface area contributed by atoms with Crippen molar-refractivity contribution in [1.29, 1.82) is 0 Å². The van der Waals surface area contributed by atoms with Crippen molar-refractivity contribution in [2.75, 3.05) is 43.1 Å². The summed E-state index contributed by atoms with van der Waals surface area (Å²) in [5, 5.41) is 41.1. The Bertz CT molecular complexity index is 2380. The number of carbonyl (C=O) groups is 2. The lowest BCUT2D eigenvalue weighted by Gasteiger charge is -2.69. The van der Waals surface area contributed by atoms with Gasteiger partial charge in [0.25, 0.3) is 5.91 Å². The Morgan fingerprint density at radius 2 is 1.76 bits per heavy atom. The van der Waals surface area contributed by atoms with Crippen molar-refractivity contribution in [3.8, 4) is 11.1 Å². The number of para-hydroxylation sites is 1. The molecule has 13 nitrogen and oxygen atoms in total. The first-order valence-electron chi connectivity index (χ1n) is 20.7. The Balaban J connectivity index is 0.932. The zero-order chi connectivity index (χ0) is 41.2. The number of nitrogens with zero attached hydrogens (tertiary/aromatic N) is 5. The molecule has 3 unspecified atom stereocenters. The fourth-order valence-corrected chi connectivity index (χ4v) is 13.0. The number of amides is 1. The summed E-state index contributed by atoms with van der Waals surface area (Å²) in [6.07, 6.45) is 8.06. The monoisotopic (exact) mass is 819 g/mol. The van der Waals surface area contributed by atoms with Crippen LogP contribution in [0.4, 0.5) is 10.9 Å². The van der Waals surface area contributed by atoms with Crippen LogP contribution in [0.25, 0.3) is 21.3 Å². The van der Waals surface area contributed by atoms with E-state index in [9.17, 15) is 19.8 Å². The zero-order valence-electron chi connectivity index (χ0n) is 34.0. The molecule has 0 radical (unpaired) electrons. The van der Waals surface area contributed by atoms with Crippen molar-refractivity contribution in [3.63, 3.8) is 0 Å². The van der Waals surface area contributed by atoms with E-state index in [2.05, 4.69) is 34.1 Å². The fourth-order valence-electron chi connectivity index (χ4n) is 12.1. The molecule has 3 atom stereocenters. The molecule has 1 aliphatic heterocycles. The van der Waals surface area contributed by atoms with Gasteiger partial charge >= 0.3 is 5.97 Å². The SMILES string of the molecule is Cc1c(-c2ccc(N3CCc4cccc(C(=O)Nc5nc6ccccc6s5)c4C3)nc2C(=O)O)cnn1CC12CC3(C)CC(C)(C1)CC(OCCNCC(O)CO)(C3)C2. The Labute approximate surface area is 347 Å². The van der Waals surface area contributed by atoms with E-state index in [0.29, 0.717) is 61.3 Å². The van der Waals surface area contributed by atoms with Gasteiger partial charge in [0.1, 0.15) is 5.82 Å². The van der Waals surface area contributed by atoms with Gasteiger partial charge in [0, 0.05) is 55.1 Å². The van der Waals surface area contributed by atoms with Gasteiger partial charge in [0.2, 0.25) is 0 Å². The van der Waals surface area contributed by atoms with Gasteiger partial charge in [-0.3, -0.25) is 14.8 Å². The molecule has 0 spiro atoms. The van der Waals surface area contributed by atoms with E-state index >= 15 is 0 Å². The molecule has 14 heteroatoms. The number of carbonyl (C=O) groups excluding carboxylic acids is 1. The van der Waals surface area contributed by atoms with Gasteiger partial charge in [-0.1, -0.05) is 49.4 Å². The predicted molar refractivity (Wildman–Crippen MR) is 227 cm³/mol. The fraction of sp³-hybridized carbons (Fsp3) is 0.489. The molecule has 4 bridgehead atoms. The summed E-state index contributed by atoms with van der Waals surface area (Å²) in [6, 6.07) is 17.3. The lowest BCUT2D eigenvalue weighted by Crippen LogP contribution is -2.64. The average Bonchev–Trinajstić information content (AvgIpc) is 3.76. The highest BCUT2D eigenvalue weighted by molar-refractivity contribution is 7.22. The van der Waals surface area contributed by atoms with Crippen molar-refractivity contribution < 1.29 is 29.6 Å². The summed E-state index contributed by atoms with van der Waals surface area (Å²) in [4.78, 5) is 37.9. The number of pyridine rings is 1. The van der Waals surface area contributed by atoms with E-state index < -0.39 is 12.1 Å². The lowest BCUT2D eigenvalue weighted by atomic mass is 9.39. The third-order valence-electron chi connectivity index (χ3n) is 13.2. The second-order valence-electron chi connectivity index (χ2n) is 18.5. The molecule has 4 saturated carbocycles. The average molecular weight is 820 g/mol. The number of carboxylic acids is 1. The normalized spacial score (nSPS) is 26.3. The van der Waals surface area contributed by atoms with Gasteiger partial charge in [-0.2, -0.15) is 5.10 Å². The Morgan fingerprint density at radius 3 is 2.53 bits per heavy atom. The summed E-state index contributed by atoms with van der Waals surface area (Å²) < 4.78 is 9.87. The maximum atomic E-state index is 13.6. The van der Waals surface area contributed by atoms with Gasteiger partial charge in [-0.15, -0.1) is 0 Å². The lowest BCUT2D eigenvalue weighted by molar-refractivity contribution is -0.247. The van der Waals surface area contributed by atoms with Crippen molar-refractivity contribution >= 4 is 44.4 Å². The summed E-state index contributed by atoms with van der Waals surface area (Å²) in [5.41, 5.74) is 5.61. The number of aromatic carboxylic acids is 1. The van der Waals surface area contributed by atoms with E-state index in [4.69, 9.17) is 19.9 Å². The van der Waals surface area contributed by atoms with Gasteiger partial charge in [-0.25, -0.2) is 14.8 Å². The number of carboxylic acid groups (broad SMARTS) is 1. The number of benzene rings is 2. The number of hydrogen-bond donors (Lipinski definition) is 5. The molecule has 10 rings (SSSR count). The molecule has 1 amide bonds. The number of aliphatic hydroxyl groups is 2. The molecule has 310 valence electrons. The molecule has 0 saturated heterocycles. The molecular weight excluding hydrogens is 767 g/mol. The first-order valence-corrected chi connectivity index (χ1v) is 21.5. The molecule has 4 fully saturated rings. The van der Waals surface area contributed by atoms with Crippen LogP contribution in [0.1, 0.15) is 90.0 Å². The van der Waals surface area contributed by atoms with Crippen molar-refractivity contribution in [3.05, 3.63) is 88.9 Å². The first-order chi connectivity index (χ1) is 28.3. The largest absolute Gasteiger partial charge is 0.476 e. The number of thiazole rings is 1. The van der Waals surface area contributed by atoms with Crippen LogP contribution in [0.2, 0.25) is 0 Å². The number of aliphatic hydroxyl groups excluding tert-OH is 2. The smallest absolute Gasteiger partial charge is 0.355 e. The highest BCUT2D eigenvalue weighted by Gasteiger charge is 2.66. The topological polar surface area (TPSA) is 175 Å². The molecule has 2 aromatic carbocycles. The number of aromatic nitrogens is 4. The number of nitrogens with one attached hydrogen (secondary N) is 2. The standard InChI is InChI=1S/C45H53N7O6S/c1-28-33(18-47-52(28)27-44-22-42(2)21-43(3,23-44)25-45(24-42,26-44)58-16-14-46-17-30(54)20-53)31-11-12-37(49-38(31)40(56)57)51-15-13-29-7-6-8-32(34(29)19-51)39(55)50-41-48-35-9-4-5-10-36(35)59-41/h4-12,18,30,46,53-54H,13-17,19-27H2,1-3H3,(H,56,57)(H,48,50,55). The van der Waals surface area contributed by atoms with E-state index in [0.717, 1.165) is 71.2 Å². The van der Waals surface area contributed by atoms with E-state index in [1.54, 1.807) is 6.20 Å². The predicted octanol–water partition coefficient (Wildman–Crippen LogP) is 6.46. The van der Waals surface area contributed by atoms with Crippen LogP contribution in [-0.2, 0) is 24.2 Å². The van der Waals surface area contributed by atoms with Crippen LogP contribution in [0.5, 0.6) is 0 Å². The quantitative estimate of drug-likeness (QED) is 0.0779. The highest BCUT2D eigenvalue weighted by atomic mass is 32.1. The first kappa shape index (κ1) is 39.7. The molecule has 4 heterocycles. The van der Waals surface area contributed by atoms with Crippen LogP contribution in [-0.4, -0.2) is 91.5 Å². The molecule has 4 aliphatic carbocycles. The van der Waals surface area contributed by atoms with Crippen LogP contribution in [0.15, 0.2) is 60.8 Å². The van der Waals surface area contributed by atoms with E-state index in [1.807, 2.05) is 66.4 Å². The number of ether oxygens (including phenoxy) is 1. The maximum Gasteiger partial charge on any atom is 0.355 e. The number of rotatable bonds is 14. The minimum absolute atomic E-state index is 0.0146. The van der Waals surface area contributed by atoms with Crippen LogP contribution in [0, 0.1) is 23.2 Å². The van der Waals surface area contributed by atoms with Gasteiger partial charge in [-0.05, 0) is 110 Å².